The van der Waals surface area contributed by atoms with E-state index in [4.69, 9.17) is 14.9 Å². The molecule has 0 aliphatic rings. The molecule has 5 aromatic rings. The smallest absolute Gasteiger partial charge is 0.433 e. The number of carbonyl (C=O) groups excluding carboxylic acids is 1. The van der Waals surface area contributed by atoms with Gasteiger partial charge in [0.05, 0.1) is 13.2 Å². The van der Waals surface area contributed by atoms with Gasteiger partial charge in [-0.25, -0.2) is 15.0 Å². The third-order valence-electron chi connectivity index (χ3n) is 5.90. The number of hydrogen-bond donors (Lipinski definition) is 2. The van der Waals surface area contributed by atoms with Gasteiger partial charge < -0.3 is 20.2 Å². The Hall–Kier alpha value is -4.29. The molecule has 0 saturated heterocycles. The molecule has 39 heavy (non-hydrogen) atoms. The lowest BCUT2D eigenvalue weighted by Gasteiger charge is -2.11. The highest BCUT2D eigenvalue weighted by molar-refractivity contribution is 7.13. The van der Waals surface area contributed by atoms with Crippen molar-refractivity contribution in [2.45, 2.75) is 25.7 Å². The summed E-state index contributed by atoms with van der Waals surface area (Å²) in [7, 11) is 1.34. The summed E-state index contributed by atoms with van der Waals surface area (Å²) in [6, 6.07) is 12.1. The molecule has 8 nitrogen and oxygen atoms in total. The molecule has 3 N–H and O–H groups in total. The summed E-state index contributed by atoms with van der Waals surface area (Å²) in [6.45, 7) is 1.86. The Morgan fingerprint density at radius 2 is 2.00 bits per heavy atom. The van der Waals surface area contributed by atoms with Crippen LogP contribution >= 0.6 is 11.3 Å². The van der Waals surface area contributed by atoms with Crippen LogP contribution in [0, 0.1) is 0 Å². The summed E-state index contributed by atoms with van der Waals surface area (Å²) in [5.74, 6) is -0.195. The SMILES string of the molecule is COc1ccc(-c2nc(C(=O)NCc3cccc(-c4nccs4)c3)c([C@H](C)N)o2)c2ccc(C(F)(F)F)nc12. The number of aromatic nitrogens is 3. The van der Waals surface area contributed by atoms with Crippen LogP contribution in [0.1, 0.15) is 40.5 Å². The van der Waals surface area contributed by atoms with Gasteiger partial charge in [-0.15, -0.1) is 11.3 Å². The van der Waals surface area contributed by atoms with Crippen LogP contribution in [-0.4, -0.2) is 28.0 Å². The molecule has 0 fully saturated rings. The van der Waals surface area contributed by atoms with Crippen molar-refractivity contribution in [3.8, 4) is 27.8 Å². The lowest BCUT2D eigenvalue weighted by molar-refractivity contribution is -0.140. The van der Waals surface area contributed by atoms with Gasteiger partial charge in [-0.3, -0.25) is 4.79 Å². The zero-order chi connectivity index (χ0) is 27.7. The average molecular weight is 554 g/mol. The van der Waals surface area contributed by atoms with Crippen molar-refractivity contribution in [3.05, 3.63) is 82.8 Å². The number of oxazole rings is 1. The molecule has 2 aromatic carbocycles. The number of alkyl halides is 3. The van der Waals surface area contributed by atoms with Crippen LogP contribution in [0.25, 0.3) is 32.9 Å². The molecule has 12 heteroatoms. The second kappa shape index (κ2) is 10.5. The number of nitrogens with zero attached hydrogens (tertiary/aromatic N) is 3. The Morgan fingerprint density at radius 3 is 2.69 bits per heavy atom. The average Bonchev–Trinajstić information content (AvgIpc) is 3.61. The van der Waals surface area contributed by atoms with Crippen LogP contribution < -0.4 is 15.8 Å². The number of ether oxygens (including phenoxy) is 1. The topological polar surface area (TPSA) is 116 Å². The van der Waals surface area contributed by atoms with Crippen LogP contribution in [-0.2, 0) is 12.7 Å². The molecular formula is C27H22F3N5O3S. The number of nitrogens with two attached hydrogens (primary N) is 1. The van der Waals surface area contributed by atoms with Crippen molar-refractivity contribution in [1.82, 2.24) is 20.3 Å². The van der Waals surface area contributed by atoms with E-state index in [1.807, 2.05) is 29.6 Å². The molecule has 0 unspecified atom stereocenters. The van der Waals surface area contributed by atoms with Crippen molar-refractivity contribution in [3.63, 3.8) is 0 Å². The van der Waals surface area contributed by atoms with Gasteiger partial charge in [-0.2, -0.15) is 13.2 Å². The first-order valence-electron chi connectivity index (χ1n) is 11.7. The molecule has 0 radical (unpaired) electrons. The fourth-order valence-electron chi connectivity index (χ4n) is 4.07. The lowest BCUT2D eigenvalue weighted by Crippen LogP contribution is -2.25. The number of benzene rings is 2. The molecule has 0 saturated carbocycles. The number of hydrogen-bond acceptors (Lipinski definition) is 8. The van der Waals surface area contributed by atoms with E-state index in [1.165, 1.54) is 30.6 Å². The van der Waals surface area contributed by atoms with Crippen LogP contribution in [0.2, 0.25) is 0 Å². The van der Waals surface area contributed by atoms with E-state index in [2.05, 4.69) is 20.3 Å². The van der Waals surface area contributed by atoms with Gasteiger partial charge >= 0.3 is 6.18 Å². The lowest BCUT2D eigenvalue weighted by atomic mass is 10.1. The quantitative estimate of drug-likeness (QED) is 0.254. The first kappa shape index (κ1) is 26.3. The Morgan fingerprint density at radius 1 is 1.18 bits per heavy atom. The van der Waals surface area contributed by atoms with Crippen LogP contribution in [0.4, 0.5) is 13.2 Å². The number of rotatable bonds is 7. The summed E-state index contributed by atoms with van der Waals surface area (Å²) < 4.78 is 51.0. The molecule has 0 spiro atoms. The van der Waals surface area contributed by atoms with E-state index in [0.717, 1.165) is 22.2 Å². The van der Waals surface area contributed by atoms with Gasteiger partial charge in [-0.05, 0) is 42.8 Å². The van der Waals surface area contributed by atoms with Gasteiger partial charge in [0.2, 0.25) is 5.89 Å². The number of halogens is 3. The van der Waals surface area contributed by atoms with E-state index >= 15 is 0 Å². The van der Waals surface area contributed by atoms with Gasteiger partial charge in [0.15, 0.2) is 11.5 Å². The summed E-state index contributed by atoms with van der Waals surface area (Å²) in [6.07, 6.45) is -2.91. The standard InChI is InChI=1S/C27H22F3N5O3S/c1-14(31)23-22(24(36)33-13-15-4-3-5-16(12-15)26-32-10-11-39-26)35-25(38-23)18-6-8-19(37-2)21-17(18)7-9-20(34-21)27(28,29)30/h3-12,14H,13,31H2,1-2H3,(H,33,36)/t14-/m0/s1. The predicted molar refractivity (Wildman–Crippen MR) is 140 cm³/mol. The third kappa shape index (κ3) is 5.33. The highest BCUT2D eigenvalue weighted by atomic mass is 32.1. The largest absolute Gasteiger partial charge is 0.494 e. The normalized spacial score (nSPS) is 12.5. The number of thiazole rings is 1. The minimum absolute atomic E-state index is 0.0140. The molecular weight excluding hydrogens is 531 g/mol. The maximum Gasteiger partial charge on any atom is 0.433 e. The van der Waals surface area contributed by atoms with E-state index in [-0.39, 0.29) is 35.2 Å². The number of pyridine rings is 1. The summed E-state index contributed by atoms with van der Waals surface area (Å²) in [5, 5.41) is 5.90. The number of nitrogens with one attached hydrogen (secondary N) is 1. The molecule has 1 atom stereocenters. The Kier molecular flexibility index (Phi) is 7.06. The van der Waals surface area contributed by atoms with Crippen LogP contribution in [0.15, 0.2) is 64.5 Å². The number of carbonyl (C=O) groups is 1. The predicted octanol–water partition coefficient (Wildman–Crippen LogP) is 5.99. The summed E-state index contributed by atoms with van der Waals surface area (Å²) in [4.78, 5) is 25.6. The van der Waals surface area contributed by atoms with E-state index in [1.54, 1.807) is 19.2 Å². The highest BCUT2D eigenvalue weighted by Crippen LogP contribution is 2.37. The van der Waals surface area contributed by atoms with Crippen molar-refractivity contribution >= 4 is 28.1 Å². The van der Waals surface area contributed by atoms with E-state index in [0.29, 0.717) is 10.9 Å². The van der Waals surface area contributed by atoms with Gasteiger partial charge in [-0.1, -0.05) is 18.2 Å². The number of methoxy groups -OCH3 is 1. The monoisotopic (exact) mass is 553 g/mol. The Bertz CT molecular complexity index is 1650. The molecule has 3 aromatic heterocycles. The van der Waals surface area contributed by atoms with Gasteiger partial charge in [0.1, 0.15) is 22.0 Å². The molecule has 0 aliphatic heterocycles. The Balaban J connectivity index is 1.47. The Labute approximate surface area is 224 Å². The molecule has 0 aliphatic carbocycles. The fraction of sp³-hybridized carbons (Fsp3) is 0.185. The second-order valence-corrected chi connectivity index (χ2v) is 9.54. The minimum atomic E-state index is -4.63. The first-order valence-corrected chi connectivity index (χ1v) is 12.6. The summed E-state index contributed by atoms with van der Waals surface area (Å²) in [5.41, 5.74) is 7.11. The zero-order valence-corrected chi connectivity index (χ0v) is 21.6. The molecule has 0 bridgehead atoms. The molecule has 3 heterocycles. The molecule has 200 valence electrons. The molecule has 5 rings (SSSR count). The summed E-state index contributed by atoms with van der Waals surface area (Å²) >= 11 is 1.51. The second-order valence-electron chi connectivity index (χ2n) is 8.65. The van der Waals surface area contributed by atoms with Crippen LogP contribution in [0.3, 0.4) is 0 Å². The van der Waals surface area contributed by atoms with Crippen molar-refractivity contribution in [1.29, 1.82) is 0 Å². The minimum Gasteiger partial charge on any atom is -0.494 e. The van der Waals surface area contributed by atoms with Crippen molar-refractivity contribution in [2.24, 2.45) is 5.73 Å². The number of amides is 1. The van der Waals surface area contributed by atoms with Crippen molar-refractivity contribution in [2.75, 3.05) is 7.11 Å². The van der Waals surface area contributed by atoms with Crippen LogP contribution in [0.5, 0.6) is 5.75 Å². The molecule has 1 amide bonds. The van der Waals surface area contributed by atoms with E-state index < -0.39 is 23.8 Å². The van der Waals surface area contributed by atoms with Gasteiger partial charge in [0.25, 0.3) is 5.91 Å². The number of fused-ring (bicyclic) bond motifs is 1. The van der Waals surface area contributed by atoms with Gasteiger partial charge in [0, 0.05) is 34.6 Å². The maximum atomic E-state index is 13.3. The third-order valence-corrected chi connectivity index (χ3v) is 6.72. The first-order chi connectivity index (χ1) is 18.7. The zero-order valence-electron chi connectivity index (χ0n) is 20.7. The fourth-order valence-corrected chi connectivity index (χ4v) is 4.70. The maximum absolute atomic E-state index is 13.3. The highest BCUT2D eigenvalue weighted by Gasteiger charge is 2.33. The van der Waals surface area contributed by atoms with E-state index in [9.17, 15) is 18.0 Å². The van der Waals surface area contributed by atoms with Crippen molar-refractivity contribution < 1.29 is 27.1 Å².